The average molecular weight is 429 g/mol. The molecule has 32 heavy (non-hydrogen) atoms. The van der Waals surface area contributed by atoms with Crippen molar-refractivity contribution >= 4 is 22.6 Å². The van der Waals surface area contributed by atoms with E-state index in [1.807, 2.05) is 30.1 Å². The van der Waals surface area contributed by atoms with Crippen LogP contribution in [0.25, 0.3) is 22.2 Å². The highest BCUT2D eigenvalue weighted by Crippen LogP contribution is 2.23. The molecule has 0 aliphatic carbocycles. The van der Waals surface area contributed by atoms with E-state index in [2.05, 4.69) is 37.8 Å². The predicted octanol–water partition coefficient (Wildman–Crippen LogP) is 3.67. The van der Waals surface area contributed by atoms with E-state index in [0.717, 1.165) is 33.5 Å². The Balaban J connectivity index is 1.24. The van der Waals surface area contributed by atoms with Gasteiger partial charge < -0.3 is 14.4 Å². The number of nitrogens with zero attached hydrogens (tertiary/aromatic N) is 5. The summed E-state index contributed by atoms with van der Waals surface area (Å²) in [6, 6.07) is 16.4. The zero-order valence-corrected chi connectivity index (χ0v) is 17.9. The summed E-state index contributed by atoms with van der Waals surface area (Å²) < 4.78 is 15.3. The van der Waals surface area contributed by atoms with Crippen LogP contribution in [0.4, 0.5) is 10.2 Å². The van der Waals surface area contributed by atoms with Crippen LogP contribution < -0.4 is 4.90 Å². The number of hydrogen-bond acceptors (Lipinski definition) is 4. The number of para-hydroxylation sites is 1. The molecule has 2 aromatic heterocycles. The van der Waals surface area contributed by atoms with Gasteiger partial charge in [0.25, 0.3) is 0 Å². The molecular formula is C25H24FN5O. The minimum atomic E-state index is -0.271. The van der Waals surface area contributed by atoms with Crippen LogP contribution in [0.2, 0.25) is 0 Å². The van der Waals surface area contributed by atoms with Crippen LogP contribution in [-0.4, -0.2) is 51.5 Å². The number of rotatable bonds is 4. The second-order valence-corrected chi connectivity index (χ2v) is 8.10. The predicted molar refractivity (Wildman–Crippen MR) is 123 cm³/mol. The molecular weight excluding hydrogens is 405 g/mol. The van der Waals surface area contributed by atoms with Crippen LogP contribution >= 0.6 is 0 Å². The molecule has 4 aromatic rings. The Morgan fingerprint density at radius 3 is 2.53 bits per heavy atom. The maximum atomic E-state index is 13.2. The maximum absolute atomic E-state index is 13.2. The molecule has 0 saturated carbocycles. The Hall–Kier alpha value is -3.74. The molecule has 1 aliphatic heterocycles. The molecule has 5 rings (SSSR count). The first kappa shape index (κ1) is 20.2. The van der Waals surface area contributed by atoms with Gasteiger partial charge in [-0.3, -0.25) is 4.79 Å². The number of amides is 1. The van der Waals surface area contributed by atoms with E-state index in [-0.39, 0.29) is 11.7 Å². The van der Waals surface area contributed by atoms with Crippen molar-refractivity contribution in [3.8, 4) is 11.3 Å². The van der Waals surface area contributed by atoms with E-state index in [4.69, 9.17) is 0 Å². The summed E-state index contributed by atoms with van der Waals surface area (Å²) in [4.78, 5) is 25.8. The zero-order valence-electron chi connectivity index (χ0n) is 17.9. The molecule has 0 atom stereocenters. The van der Waals surface area contributed by atoms with E-state index >= 15 is 0 Å². The van der Waals surface area contributed by atoms with E-state index in [1.165, 1.54) is 18.5 Å². The van der Waals surface area contributed by atoms with E-state index in [1.54, 1.807) is 12.1 Å². The number of hydrogen-bond donors (Lipinski definition) is 0. The fraction of sp³-hybridized carbons (Fsp3) is 0.240. The molecule has 0 radical (unpaired) electrons. The van der Waals surface area contributed by atoms with Crippen molar-refractivity contribution in [2.75, 3.05) is 31.1 Å². The van der Waals surface area contributed by atoms with Crippen LogP contribution in [0.15, 0.2) is 67.1 Å². The zero-order chi connectivity index (χ0) is 22.1. The molecule has 0 bridgehead atoms. The Morgan fingerprint density at radius 1 is 1.00 bits per heavy atom. The summed E-state index contributed by atoms with van der Waals surface area (Å²) >= 11 is 0. The monoisotopic (exact) mass is 429 g/mol. The molecule has 1 saturated heterocycles. The van der Waals surface area contributed by atoms with Crippen molar-refractivity contribution in [1.82, 2.24) is 19.4 Å². The Kier molecular flexibility index (Phi) is 5.31. The van der Waals surface area contributed by atoms with Gasteiger partial charge in [0.05, 0.1) is 12.1 Å². The summed E-state index contributed by atoms with van der Waals surface area (Å²) in [5.41, 5.74) is 3.81. The number of fused-ring (bicyclic) bond motifs is 1. The second-order valence-electron chi connectivity index (χ2n) is 8.10. The molecule has 2 aromatic carbocycles. The van der Waals surface area contributed by atoms with Gasteiger partial charge >= 0.3 is 0 Å². The Labute approximate surface area is 185 Å². The summed E-state index contributed by atoms with van der Waals surface area (Å²) in [6.07, 6.45) is 3.99. The lowest BCUT2D eigenvalue weighted by atomic mass is 10.1. The second kappa shape index (κ2) is 8.42. The molecule has 7 heteroatoms. The number of carbonyl (C=O) groups excluding carboxylic acids is 1. The minimum absolute atomic E-state index is 0.149. The third-order valence-electron chi connectivity index (χ3n) is 6.07. The Morgan fingerprint density at radius 2 is 1.75 bits per heavy atom. The molecule has 162 valence electrons. The molecule has 1 fully saturated rings. The van der Waals surface area contributed by atoms with Gasteiger partial charge in [-0.05, 0) is 35.9 Å². The number of anilines is 1. The van der Waals surface area contributed by atoms with Gasteiger partial charge in [-0.15, -0.1) is 0 Å². The van der Waals surface area contributed by atoms with Gasteiger partial charge in [0.15, 0.2) is 0 Å². The third-order valence-corrected chi connectivity index (χ3v) is 6.07. The number of carbonyl (C=O) groups is 1. The highest BCUT2D eigenvalue weighted by Gasteiger charge is 2.23. The highest BCUT2D eigenvalue weighted by molar-refractivity contribution is 5.89. The first-order chi connectivity index (χ1) is 15.6. The first-order valence-corrected chi connectivity index (χ1v) is 10.7. The van der Waals surface area contributed by atoms with Crippen molar-refractivity contribution in [2.45, 2.75) is 6.42 Å². The highest BCUT2D eigenvalue weighted by atomic mass is 19.1. The smallest absolute Gasteiger partial charge is 0.227 e. The molecule has 0 unspecified atom stereocenters. The van der Waals surface area contributed by atoms with Gasteiger partial charge in [-0.25, -0.2) is 14.4 Å². The minimum Gasteiger partial charge on any atom is -0.353 e. The van der Waals surface area contributed by atoms with Crippen LogP contribution in [0.3, 0.4) is 0 Å². The molecule has 0 N–H and O–H groups in total. The van der Waals surface area contributed by atoms with Crippen molar-refractivity contribution in [2.24, 2.45) is 7.05 Å². The van der Waals surface area contributed by atoms with Crippen LogP contribution in [0, 0.1) is 5.82 Å². The number of aryl methyl sites for hydroxylation is 1. The normalized spacial score (nSPS) is 14.2. The molecule has 1 amide bonds. The van der Waals surface area contributed by atoms with Crippen LogP contribution in [0.5, 0.6) is 0 Å². The van der Waals surface area contributed by atoms with Crippen molar-refractivity contribution in [3.63, 3.8) is 0 Å². The largest absolute Gasteiger partial charge is 0.353 e. The summed E-state index contributed by atoms with van der Waals surface area (Å²) in [5.74, 6) is 0.698. The molecule has 0 spiro atoms. The summed E-state index contributed by atoms with van der Waals surface area (Å²) in [7, 11) is 2.01. The fourth-order valence-electron chi connectivity index (χ4n) is 4.32. The van der Waals surface area contributed by atoms with Crippen molar-refractivity contribution < 1.29 is 9.18 Å². The first-order valence-electron chi connectivity index (χ1n) is 10.7. The molecule has 6 nitrogen and oxygen atoms in total. The fourth-order valence-corrected chi connectivity index (χ4v) is 4.32. The van der Waals surface area contributed by atoms with Gasteiger partial charge in [0, 0.05) is 62.0 Å². The van der Waals surface area contributed by atoms with Gasteiger partial charge in [-0.1, -0.05) is 18.2 Å². The van der Waals surface area contributed by atoms with Crippen molar-refractivity contribution in [1.29, 1.82) is 0 Å². The standard InChI is InChI=1S/C25H24FN5O/c1-29-16-19(21-4-2-3-5-23(21)29)14-25(32)31-12-10-30(11-13-31)24-15-22(27-17-28-24)18-6-8-20(26)9-7-18/h2-9,15-17H,10-14H2,1H3. The van der Waals surface area contributed by atoms with Crippen LogP contribution in [0.1, 0.15) is 5.56 Å². The van der Waals surface area contributed by atoms with Crippen LogP contribution in [-0.2, 0) is 18.3 Å². The SMILES string of the molecule is Cn1cc(CC(=O)N2CCN(c3cc(-c4ccc(F)cc4)ncn3)CC2)c2ccccc21. The summed E-state index contributed by atoms with van der Waals surface area (Å²) in [5, 5.41) is 1.14. The van der Waals surface area contributed by atoms with Gasteiger partial charge in [0.1, 0.15) is 18.0 Å². The van der Waals surface area contributed by atoms with E-state index in [9.17, 15) is 9.18 Å². The molecule has 1 aliphatic rings. The summed E-state index contributed by atoms with van der Waals surface area (Å²) in [6.45, 7) is 2.72. The third kappa shape index (κ3) is 3.93. The lowest BCUT2D eigenvalue weighted by Crippen LogP contribution is -2.49. The topological polar surface area (TPSA) is 54.3 Å². The number of aromatic nitrogens is 3. The van der Waals surface area contributed by atoms with E-state index < -0.39 is 0 Å². The molecule has 3 heterocycles. The van der Waals surface area contributed by atoms with Crippen molar-refractivity contribution in [3.05, 3.63) is 78.5 Å². The Bertz CT molecular complexity index is 1260. The number of halogens is 1. The maximum Gasteiger partial charge on any atom is 0.227 e. The van der Waals surface area contributed by atoms with E-state index in [0.29, 0.717) is 32.6 Å². The van der Waals surface area contributed by atoms with Gasteiger partial charge in [0.2, 0.25) is 5.91 Å². The lowest BCUT2D eigenvalue weighted by Gasteiger charge is -2.35. The number of piperazine rings is 1. The number of benzene rings is 2. The lowest BCUT2D eigenvalue weighted by molar-refractivity contribution is -0.130. The van der Waals surface area contributed by atoms with Gasteiger partial charge in [-0.2, -0.15) is 0 Å². The quantitative estimate of drug-likeness (QED) is 0.497. The average Bonchev–Trinajstić information content (AvgIpc) is 3.15.